The van der Waals surface area contributed by atoms with Crippen LogP contribution in [0.15, 0.2) is 24.3 Å². The Hall–Kier alpha value is -1.35. The summed E-state index contributed by atoms with van der Waals surface area (Å²) in [5.41, 5.74) is 7.65. The molecule has 0 saturated heterocycles. The van der Waals surface area contributed by atoms with Gasteiger partial charge in [-0.3, -0.25) is 0 Å². The van der Waals surface area contributed by atoms with Gasteiger partial charge in [-0.1, -0.05) is 6.07 Å². The zero-order valence-corrected chi connectivity index (χ0v) is 9.70. The fourth-order valence-electron chi connectivity index (χ4n) is 2.22. The monoisotopic (exact) mass is 220 g/mol. The Balaban J connectivity index is 2.70. The van der Waals surface area contributed by atoms with E-state index in [2.05, 4.69) is 18.4 Å². The van der Waals surface area contributed by atoms with Crippen LogP contribution in [0.25, 0.3) is 10.9 Å². The molecule has 0 spiro atoms. The zero-order valence-electron chi connectivity index (χ0n) is 9.70. The number of rotatable bonds is 3. The van der Waals surface area contributed by atoms with E-state index in [1.165, 1.54) is 6.07 Å². The molecule has 0 atom stereocenters. The van der Waals surface area contributed by atoms with Crippen LogP contribution in [0.1, 0.15) is 25.6 Å². The minimum absolute atomic E-state index is 0.157. The largest absolute Gasteiger partial charge is 0.342 e. The van der Waals surface area contributed by atoms with Crippen molar-refractivity contribution in [3.05, 3.63) is 35.8 Å². The van der Waals surface area contributed by atoms with Crippen molar-refractivity contribution in [2.75, 3.05) is 6.54 Å². The van der Waals surface area contributed by atoms with E-state index < -0.39 is 0 Å². The highest BCUT2D eigenvalue weighted by Gasteiger charge is 2.12. The fraction of sp³-hybridized carbons (Fsp3) is 0.385. The first kappa shape index (κ1) is 11.1. The third-order valence-electron chi connectivity index (χ3n) is 2.83. The minimum atomic E-state index is -0.157. The molecule has 16 heavy (non-hydrogen) atoms. The highest BCUT2D eigenvalue weighted by Crippen LogP contribution is 2.26. The smallest absolute Gasteiger partial charge is 0.132 e. The Morgan fingerprint density at radius 1 is 1.38 bits per heavy atom. The van der Waals surface area contributed by atoms with Gasteiger partial charge in [-0.2, -0.15) is 0 Å². The van der Waals surface area contributed by atoms with Crippen molar-refractivity contribution in [2.24, 2.45) is 5.73 Å². The molecule has 0 aliphatic carbocycles. The Morgan fingerprint density at radius 2 is 2.12 bits per heavy atom. The van der Waals surface area contributed by atoms with Crippen LogP contribution in [0.4, 0.5) is 4.39 Å². The number of halogens is 1. The second-order valence-corrected chi connectivity index (χ2v) is 4.31. The van der Waals surface area contributed by atoms with Crippen LogP contribution in [-0.2, 0) is 6.42 Å². The van der Waals surface area contributed by atoms with E-state index in [1.807, 2.05) is 12.1 Å². The molecular formula is C13H17FN2. The summed E-state index contributed by atoms with van der Waals surface area (Å²) in [7, 11) is 0. The molecule has 2 aromatic rings. The number of nitrogens with two attached hydrogens (primary N) is 1. The topological polar surface area (TPSA) is 30.9 Å². The first-order valence-corrected chi connectivity index (χ1v) is 5.63. The number of aromatic nitrogens is 1. The number of fused-ring (bicyclic) bond motifs is 1. The normalized spacial score (nSPS) is 11.6. The van der Waals surface area contributed by atoms with Crippen LogP contribution in [0.3, 0.4) is 0 Å². The van der Waals surface area contributed by atoms with Gasteiger partial charge in [0, 0.05) is 17.1 Å². The molecule has 0 aliphatic heterocycles. The molecule has 86 valence electrons. The molecule has 0 saturated carbocycles. The van der Waals surface area contributed by atoms with Crippen LogP contribution in [0.5, 0.6) is 0 Å². The number of hydrogen-bond donors (Lipinski definition) is 1. The molecule has 1 heterocycles. The highest BCUT2D eigenvalue weighted by atomic mass is 19.1. The van der Waals surface area contributed by atoms with E-state index in [4.69, 9.17) is 5.73 Å². The van der Waals surface area contributed by atoms with Gasteiger partial charge in [-0.25, -0.2) is 4.39 Å². The molecule has 2 N–H and O–H groups in total. The Morgan fingerprint density at radius 3 is 2.75 bits per heavy atom. The third kappa shape index (κ3) is 1.71. The van der Waals surface area contributed by atoms with Gasteiger partial charge in [0.15, 0.2) is 0 Å². The maximum absolute atomic E-state index is 13.6. The van der Waals surface area contributed by atoms with Crippen molar-refractivity contribution in [3.63, 3.8) is 0 Å². The third-order valence-corrected chi connectivity index (χ3v) is 2.83. The average molecular weight is 220 g/mol. The van der Waals surface area contributed by atoms with E-state index in [0.29, 0.717) is 18.0 Å². The van der Waals surface area contributed by atoms with Crippen molar-refractivity contribution in [3.8, 4) is 0 Å². The summed E-state index contributed by atoms with van der Waals surface area (Å²) in [6.07, 6.45) is 0.784. The number of hydrogen-bond acceptors (Lipinski definition) is 1. The summed E-state index contributed by atoms with van der Waals surface area (Å²) < 4.78 is 15.8. The molecule has 0 amide bonds. The lowest BCUT2D eigenvalue weighted by Crippen LogP contribution is -2.10. The van der Waals surface area contributed by atoms with E-state index in [9.17, 15) is 4.39 Å². The molecule has 0 radical (unpaired) electrons. The predicted molar refractivity (Wildman–Crippen MR) is 65.0 cm³/mol. The summed E-state index contributed by atoms with van der Waals surface area (Å²) >= 11 is 0. The first-order valence-electron chi connectivity index (χ1n) is 5.63. The minimum Gasteiger partial charge on any atom is -0.342 e. The van der Waals surface area contributed by atoms with Gasteiger partial charge in [-0.05, 0) is 45.0 Å². The second-order valence-electron chi connectivity index (χ2n) is 4.31. The standard InChI is InChI=1S/C13H17FN2/c1-9(2)16-10(6-7-15)8-11-12(14)4-3-5-13(11)16/h3-5,8-9H,6-7,15H2,1-2H3. The van der Waals surface area contributed by atoms with Gasteiger partial charge in [0.2, 0.25) is 0 Å². The molecule has 2 rings (SSSR count). The van der Waals surface area contributed by atoms with Crippen molar-refractivity contribution < 1.29 is 4.39 Å². The zero-order chi connectivity index (χ0) is 11.7. The van der Waals surface area contributed by atoms with E-state index in [0.717, 1.165) is 17.6 Å². The van der Waals surface area contributed by atoms with Crippen molar-refractivity contribution in [2.45, 2.75) is 26.3 Å². The van der Waals surface area contributed by atoms with Crippen LogP contribution in [0, 0.1) is 5.82 Å². The van der Waals surface area contributed by atoms with Gasteiger partial charge in [0.05, 0.1) is 5.52 Å². The maximum Gasteiger partial charge on any atom is 0.132 e. The Kier molecular flexibility index (Phi) is 2.97. The van der Waals surface area contributed by atoms with Crippen LogP contribution >= 0.6 is 0 Å². The lowest BCUT2D eigenvalue weighted by molar-refractivity contribution is 0.593. The summed E-state index contributed by atoms with van der Waals surface area (Å²) in [5.74, 6) is -0.157. The van der Waals surface area contributed by atoms with Gasteiger partial charge in [0.1, 0.15) is 5.82 Å². The second kappa shape index (κ2) is 4.26. The lowest BCUT2D eigenvalue weighted by Gasteiger charge is -2.14. The van der Waals surface area contributed by atoms with Gasteiger partial charge in [-0.15, -0.1) is 0 Å². The van der Waals surface area contributed by atoms with Gasteiger partial charge < -0.3 is 10.3 Å². The molecule has 1 aromatic carbocycles. The summed E-state index contributed by atoms with van der Waals surface area (Å²) in [5, 5.41) is 0.694. The van der Waals surface area contributed by atoms with Crippen LogP contribution < -0.4 is 5.73 Å². The average Bonchev–Trinajstić information content (AvgIpc) is 2.58. The summed E-state index contributed by atoms with van der Waals surface area (Å²) in [4.78, 5) is 0. The molecule has 0 bridgehead atoms. The maximum atomic E-state index is 13.6. The van der Waals surface area contributed by atoms with Crippen LogP contribution in [0.2, 0.25) is 0 Å². The fourth-order valence-corrected chi connectivity index (χ4v) is 2.22. The van der Waals surface area contributed by atoms with Crippen molar-refractivity contribution in [1.29, 1.82) is 0 Å². The van der Waals surface area contributed by atoms with Gasteiger partial charge in [0.25, 0.3) is 0 Å². The summed E-state index contributed by atoms with van der Waals surface area (Å²) in [6.45, 7) is 4.79. The first-order chi connectivity index (χ1) is 7.65. The molecular weight excluding hydrogens is 203 g/mol. The van der Waals surface area contributed by atoms with E-state index >= 15 is 0 Å². The Bertz CT molecular complexity index is 500. The lowest BCUT2D eigenvalue weighted by atomic mass is 10.2. The van der Waals surface area contributed by atoms with Crippen molar-refractivity contribution >= 4 is 10.9 Å². The molecule has 0 fully saturated rings. The van der Waals surface area contributed by atoms with Gasteiger partial charge >= 0.3 is 0 Å². The highest BCUT2D eigenvalue weighted by molar-refractivity contribution is 5.82. The SMILES string of the molecule is CC(C)n1c(CCN)cc2c(F)cccc21. The predicted octanol–water partition coefficient (Wildman–Crippen LogP) is 2.86. The summed E-state index contributed by atoms with van der Waals surface area (Å²) in [6, 6.07) is 7.44. The molecule has 0 unspecified atom stereocenters. The molecule has 3 heteroatoms. The Labute approximate surface area is 94.9 Å². The molecule has 0 aliphatic rings. The van der Waals surface area contributed by atoms with E-state index in [-0.39, 0.29) is 5.82 Å². The quantitative estimate of drug-likeness (QED) is 0.847. The molecule has 1 aromatic heterocycles. The van der Waals surface area contributed by atoms with E-state index in [1.54, 1.807) is 6.07 Å². The number of benzene rings is 1. The molecule has 2 nitrogen and oxygen atoms in total. The van der Waals surface area contributed by atoms with Crippen LogP contribution in [-0.4, -0.2) is 11.1 Å². The number of nitrogens with zero attached hydrogens (tertiary/aromatic N) is 1. The van der Waals surface area contributed by atoms with Crippen molar-refractivity contribution in [1.82, 2.24) is 4.57 Å².